The van der Waals surface area contributed by atoms with Gasteiger partial charge in [-0.2, -0.15) is 0 Å². The van der Waals surface area contributed by atoms with Crippen LogP contribution in [0, 0.1) is 0 Å². The first-order valence-electron chi connectivity index (χ1n) is 5.15. The third-order valence-corrected chi connectivity index (χ3v) is 2.09. The summed E-state index contributed by atoms with van der Waals surface area (Å²) in [4.78, 5) is 0. The van der Waals surface area contributed by atoms with Crippen LogP contribution in [0.4, 0.5) is 0 Å². The highest BCUT2D eigenvalue weighted by Gasteiger charge is 2.07. The molecule has 3 nitrogen and oxygen atoms in total. The highest BCUT2D eigenvalue weighted by Crippen LogP contribution is 2.25. The maximum absolute atomic E-state index is 9.34. The minimum Gasteiger partial charge on any atom is -0.497 e. The van der Waals surface area contributed by atoms with Crippen molar-refractivity contribution in [2.75, 3.05) is 13.7 Å². The van der Waals surface area contributed by atoms with E-state index in [-0.39, 0.29) is 6.10 Å². The number of benzene rings is 1. The molecule has 0 radical (unpaired) electrons. The second-order valence-corrected chi connectivity index (χ2v) is 3.46. The van der Waals surface area contributed by atoms with Crippen molar-refractivity contribution in [2.45, 2.75) is 26.4 Å². The zero-order valence-corrected chi connectivity index (χ0v) is 9.49. The van der Waals surface area contributed by atoms with Crippen molar-refractivity contribution >= 4 is 0 Å². The third kappa shape index (κ3) is 3.44. The maximum Gasteiger partial charge on any atom is 0.126 e. The monoisotopic (exact) mass is 210 g/mol. The smallest absolute Gasteiger partial charge is 0.126 e. The van der Waals surface area contributed by atoms with E-state index in [9.17, 15) is 5.11 Å². The van der Waals surface area contributed by atoms with Gasteiger partial charge in [0, 0.05) is 12.5 Å². The lowest BCUT2D eigenvalue weighted by Gasteiger charge is -2.12. The van der Waals surface area contributed by atoms with Gasteiger partial charge < -0.3 is 14.6 Å². The molecule has 0 aliphatic heterocycles. The quantitative estimate of drug-likeness (QED) is 0.808. The van der Waals surface area contributed by atoms with Crippen LogP contribution in [0.1, 0.15) is 19.4 Å². The van der Waals surface area contributed by atoms with Gasteiger partial charge >= 0.3 is 0 Å². The van der Waals surface area contributed by atoms with Crippen molar-refractivity contribution in [1.82, 2.24) is 0 Å². The van der Waals surface area contributed by atoms with Gasteiger partial charge in [0.05, 0.1) is 19.8 Å². The summed E-state index contributed by atoms with van der Waals surface area (Å²) in [7, 11) is 1.62. The molecule has 1 atom stereocenters. The Labute approximate surface area is 90.6 Å². The number of hydrogen-bond acceptors (Lipinski definition) is 3. The van der Waals surface area contributed by atoms with Crippen molar-refractivity contribution in [1.29, 1.82) is 0 Å². The molecule has 15 heavy (non-hydrogen) atoms. The second-order valence-electron chi connectivity index (χ2n) is 3.46. The molecule has 1 unspecified atom stereocenters. The normalized spacial score (nSPS) is 12.3. The SMILES string of the molecule is CCOc1cc(OC)ccc1CC(C)O. The summed E-state index contributed by atoms with van der Waals surface area (Å²) in [6.07, 6.45) is 0.233. The fourth-order valence-corrected chi connectivity index (χ4v) is 1.44. The van der Waals surface area contributed by atoms with E-state index in [0.29, 0.717) is 13.0 Å². The molecule has 0 fully saturated rings. The summed E-state index contributed by atoms with van der Waals surface area (Å²) in [5.41, 5.74) is 1.01. The summed E-state index contributed by atoms with van der Waals surface area (Å²) in [6, 6.07) is 5.65. The van der Waals surface area contributed by atoms with E-state index in [4.69, 9.17) is 9.47 Å². The van der Waals surface area contributed by atoms with Crippen LogP contribution in [0.2, 0.25) is 0 Å². The number of ether oxygens (including phenoxy) is 2. The largest absolute Gasteiger partial charge is 0.497 e. The molecule has 0 heterocycles. The molecule has 0 aliphatic rings. The molecular formula is C12H18O3. The minimum absolute atomic E-state index is 0.363. The molecule has 1 aromatic rings. The highest BCUT2D eigenvalue weighted by atomic mass is 16.5. The first-order valence-corrected chi connectivity index (χ1v) is 5.15. The van der Waals surface area contributed by atoms with E-state index in [1.165, 1.54) is 0 Å². The first kappa shape index (κ1) is 11.9. The van der Waals surface area contributed by atoms with Crippen LogP contribution in [0.5, 0.6) is 11.5 Å². The van der Waals surface area contributed by atoms with E-state index < -0.39 is 0 Å². The van der Waals surface area contributed by atoms with Crippen LogP contribution in [-0.2, 0) is 6.42 Å². The summed E-state index contributed by atoms with van der Waals surface area (Å²) >= 11 is 0. The molecule has 0 amide bonds. The number of aliphatic hydroxyl groups excluding tert-OH is 1. The molecule has 1 aromatic carbocycles. The Hall–Kier alpha value is -1.22. The molecule has 3 heteroatoms. The summed E-state index contributed by atoms with van der Waals surface area (Å²) in [5, 5.41) is 9.34. The number of methoxy groups -OCH3 is 1. The van der Waals surface area contributed by atoms with Gasteiger partial charge in [0.2, 0.25) is 0 Å². The molecule has 0 spiro atoms. The van der Waals surface area contributed by atoms with Crippen LogP contribution in [0.25, 0.3) is 0 Å². The standard InChI is InChI=1S/C12H18O3/c1-4-15-12-8-11(14-3)6-5-10(12)7-9(2)13/h5-6,8-9,13H,4,7H2,1-3H3. The van der Waals surface area contributed by atoms with E-state index in [1.54, 1.807) is 14.0 Å². The van der Waals surface area contributed by atoms with Gasteiger partial charge in [-0.1, -0.05) is 6.07 Å². The van der Waals surface area contributed by atoms with Gasteiger partial charge in [-0.25, -0.2) is 0 Å². The van der Waals surface area contributed by atoms with Crippen LogP contribution >= 0.6 is 0 Å². The number of aliphatic hydroxyl groups is 1. The number of hydrogen-bond donors (Lipinski definition) is 1. The number of rotatable bonds is 5. The van der Waals surface area contributed by atoms with Crippen LogP contribution in [0.15, 0.2) is 18.2 Å². The summed E-state index contributed by atoms with van der Waals surface area (Å²) < 4.78 is 10.6. The Bertz CT molecular complexity index is 308. The molecule has 1 rings (SSSR count). The lowest BCUT2D eigenvalue weighted by Crippen LogP contribution is -2.06. The molecule has 84 valence electrons. The van der Waals surface area contributed by atoms with Crippen molar-refractivity contribution in [2.24, 2.45) is 0 Å². The van der Waals surface area contributed by atoms with Crippen molar-refractivity contribution in [3.05, 3.63) is 23.8 Å². The second kappa shape index (κ2) is 5.61. The predicted molar refractivity (Wildman–Crippen MR) is 59.5 cm³/mol. The molecule has 0 aliphatic carbocycles. The van der Waals surface area contributed by atoms with Crippen molar-refractivity contribution in [3.8, 4) is 11.5 Å². The fraction of sp³-hybridized carbons (Fsp3) is 0.500. The third-order valence-electron chi connectivity index (χ3n) is 2.09. The first-order chi connectivity index (χ1) is 7.17. The van der Waals surface area contributed by atoms with Gasteiger partial charge in [0.25, 0.3) is 0 Å². The Kier molecular flexibility index (Phi) is 4.43. The highest BCUT2D eigenvalue weighted by molar-refractivity contribution is 5.41. The predicted octanol–water partition coefficient (Wildman–Crippen LogP) is 2.02. The molecule has 0 bridgehead atoms. The fourth-order valence-electron chi connectivity index (χ4n) is 1.44. The van der Waals surface area contributed by atoms with Crippen LogP contribution in [0.3, 0.4) is 0 Å². The van der Waals surface area contributed by atoms with E-state index in [2.05, 4.69) is 0 Å². The van der Waals surface area contributed by atoms with E-state index in [0.717, 1.165) is 17.1 Å². The zero-order chi connectivity index (χ0) is 11.3. The Balaban J connectivity index is 2.92. The maximum atomic E-state index is 9.34. The molecule has 0 saturated carbocycles. The van der Waals surface area contributed by atoms with Crippen LogP contribution in [-0.4, -0.2) is 24.9 Å². The van der Waals surface area contributed by atoms with Crippen LogP contribution < -0.4 is 9.47 Å². The van der Waals surface area contributed by atoms with Gasteiger partial charge in [-0.3, -0.25) is 0 Å². The lowest BCUT2D eigenvalue weighted by atomic mass is 10.1. The molecule has 0 saturated heterocycles. The van der Waals surface area contributed by atoms with Gasteiger partial charge in [-0.05, 0) is 25.5 Å². The van der Waals surface area contributed by atoms with Crippen molar-refractivity contribution < 1.29 is 14.6 Å². The lowest BCUT2D eigenvalue weighted by molar-refractivity contribution is 0.193. The van der Waals surface area contributed by atoms with E-state index in [1.807, 2.05) is 25.1 Å². The topological polar surface area (TPSA) is 38.7 Å². The molecule has 1 N–H and O–H groups in total. The zero-order valence-electron chi connectivity index (χ0n) is 9.49. The average molecular weight is 210 g/mol. The summed E-state index contributed by atoms with van der Waals surface area (Å²) in [6.45, 7) is 4.31. The molecule has 0 aromatic heterocycles. The van der Waals surface area contributed by atoms with Crippen molar-refractivity contribution in [3.63, 3.8) is 0 Å². The van der Waals surface area contributed by atoms with E-state index >= 15 is 0 Å². The Morgan fingerprint density at radius 3 is 2.67 bits per heavy atom. The molecular weight excluding hydrogens is 192 g/mol. The van der Waals surface area contributed by atoms with Gasteiger partial charge in [0.15, 0.2) is 0 Å². The summed E-state index contributed by atoms with van der Waals surface area (Å²) in [5.74, 6) is 1.56. The average Bonchev–Trinajstić information content (AvgIpc) is 2.20. The Morgan fingerprint density at radius 2 is 2.13 bits per heavy atom. The minimum atomic E-state index is -0.363. The van der Waals surface area contributed by atoms with Gasteiger partial charge in [-0.15, -0.1) is 0 Å². The Morgan fingerprint density at radius 1 is 1.40 bits per heavy atom. The van der Waals surface area contributed by atoms with Gasteiger partial charge in [0.1, 0.15) is 11.5 Å².